The first-order valence-electron chi connectivity index (χ1n) is 9.42. The van der Waals surface area contributed by atoms with Crippen molar-refractivity contribution >= 4 is 6.09 Å². The van der Waals surface area contributed by atoms with Crippen LogP contribution >= 0.6 is 0 Å². The van der Waals surface area contributed by atoms with E-state index in [2.05, 4.69) is 5.32 Å². The van der Waals surface area contributed by atoms with E-state index >= 15 is 0 Å². The minimum Gasteiger partial charge on any atom is -0.444 e. The quantitative estimate of drug-likeness (QED) is 0.766. The number of amides is 1. The molecule has 0 atom stereocenters. The molecule has 22 heavy (non-hydrogen) atoms. The van der Waals surface area contributed by atoms with E-state index in [0.29, 0.717) is 5.92 Å². The molecule has 0 unspecified atom stereocenters. The van der Waals surface area contributed by atoms with Crippen molar-refractivity contribution < 1.29 is 9.53 Å². The fourth-order valence-corrected chi connectivity index (χ4v) is 4.36. The average Bonchev–Trinajstić information content (AvgIpc) is 2.48. The lowest BCUT2D eigenvalue weighted by Gasteiger charge is -2.38. The number of carbonyl (C=O) groups excluding carboxylic acids is 1. The van der Waals surface area contributed by atoms with E-state index in [1.165, 1.54) is 64.2 Å². The van der Waals surface area contributed by atoms with Crippen LogP contribution in [0.25, 0.3) is 0 Å². The molecule has 1 amide bonds. The first-order chi connectivity index (χ1) is 10.5. The van der Waals surface area contributed by atoms with E-state index in [-0.39, 0.29) is 6.09 Å². The summed E-state index contributed by atoms with van der Waals surface area (Å²) in [7, 11) is 0. The highest BCUT2D eigenvalue weighted by Gasteiger charge is 2.32. The highest BCUT2D eigenvalue weighted by atomic mass is 16.6. The minimum absolute atomic E-state index is 0.246. The first kappa shape index (κ1) is 17.6. The summed E-state index contributed by atoms with van der Waals surface area (Å²) in [6.45, 7) is 6.58. The number of ether oxygens (including phenoxy) is 1. The van der Waals surface area contributed by atoms with E-state index < -0.39 is 5.60 Å². The fourth-order valence-electron chi connectivity index (χ4n) is 4.36. The standard InChI is InChI=1S/C19H35NO2/c1-19(2,3)22-18(21)20-14-17(15-10-6-4-7-11-15)16-12-8-5-9-13-16/h15-17H,4-14H2,1-3H3,(H,20,21). The SMILES string of the molecule is CC(C)(C)OC(=O)NCC(C1CCCCC1)C1CCCCC1. The topological polar surface area (TPSA) is 38.3 Å². The Bertz CT molecular complexity index is 318. The van der Waals surface area contributed by atoms with Gasteiger partial charge in [0.05, 0.1) is 0 Å². The third-order valence-corrected chi connectivity index (χ3v) is 5.39. The van der Waals surface area contributed by atoms with Crippen LogP contribution in [0, 0.1) is 17.8 Å². The van der Waals surface area contributed by atoms with Gasteiger partial charge in [0, 0.05) is 6.54 Å². The minimum atomic E-state index is -0.407. The Balaban J connectivity index is 1.90. The van der Waals surface area contributed by atoms with Crippen LogP contribution in [-0.2, 0) is 4.74 Å². The summed E-state index contributed by atoms with van der Waals surface area (Å²) in [4.78, 5) is 12.0. The first-order valence-corrected chi connectivity index (χ1v) is 9.42. The maximum absolute atomic E-state index is 12.0. The second-order valence-corrected chi connectivity index (χ2v) is 8.34. The fraction of sp³-hybridized carbons (Fsp3) is 0.947. The third-order valence-electron chi connectivity index (χ3n) is 5.39. The highest BCUT2D eigenvalue weighted by Crippen LogP contribution is 2.39. The second kappa shape index (κ2) is 8.21. The van der Waals surface area contributed by atoms with Gasteiger partial charge in [0.15, 0.2) is 0 Å². The van der Waals surface area contributed by atoms with E-state index in [0.717, 1.165) is 18.4 Å². The number of rotatable bonds is 4. The third kappa shape index (κ3) is 5.81. The summed E-state index contributed by atoms with van der Waals surface area (Å²) >= 11 is 0. The van der Waals surface area contributed by atoms with Crippen molar-refractivity contribution in [3.63, 3.8) is 0 Å². The maximum atomic E-state index is 12.0. The van der Waals surface area contributed by atoms with Crippen molar-refractivity contribution in [1.82, 2.24) is 5.32 Å². The lowest BCUT2D eigenvalue weighted by molar-refractivity contribution is 0.0486. The predicted octanol–water partition coefficient (Wildman–Crippen LogP) is 5.29. The Labute approximate surface area is 136 Å². The lowest BCUT2D eigenvalue weighted by atomic mass is 9.69. The van der Waals surface area contributed by atoms with Crippen molar-refractivity contribution in [2.24, 2.45) is 17.8 Å². The summed E-state index contributed by atoms with van der Waals surface area (Å²) in [6.07, 6.45) is 13.5. The molecule has 1 N–H and O–H groups in total. The molecule has 3 nitrogen and oxygen atoms in total. The molecule has 0 aromatic carbocycles. The van der Waals surface area contributed by atoms with Crippen LogP contribution in [0.3, 0.4) is 0 Å². The van der Waals surface area contributed by atoms with E-state index in [9.17, 15) is 4.79 Å². The molecule has 0 saturated heterocycles. The summed E-state index contributed by atoms with van der Waals surface area (Å²) in [5.41, 5.74) is -0.407. The molecule has 0 heterocycles. The van der Waals surface area contributed by atoms with Gasteiger partial charge in [0.2, 0.25) is 0 Å². The molecule has 2 aliphatic rings. The van der Waals surface area contributed by atoms with Crippen LogP contribution in [0.5, 0.6) is 0 Å². The molecule has 0 spiro atoms. The monoisotopic (exact) mass is 309 g/mol. The number of hydrogen-bond donors (Lipinski definition) is 1. The van der Waals surface area contributed by atoms with Crippen LogP contribution in [0.1, 0.15) is 85.0 Å². The molecule has 3 heteroatoms. The van der Waals surface area contributed by atoms with Gasteiger partial charge >= 0.3 is 6.09 Å². The smallest absolute Gasteiger partial charge is 0.407 e. The summed E-state index contributed by atoms with van der Waals surface area (Å²) in [5.74, 6) is 2.28. The molecule has 0 aromatic heterocycles. The zero-order valence-electron chi connectivity index (χ0n) is 14.8. The van der Waals surface area contributed by atoms with Crippen LogP contribution in [0.15, 0.2) is 0 Å². The van der Waals surface area contributed by atoms with Crippen molar-refractivity contribution in [1.29, 1.82) is 0 Å². The molecule has 2 aliphatic carbocycles. The predicted molar refractivity (Wildman–Crippen MR) is 90.9 cm³/mol. The molecule has 2 fully saturated rings. The van der Waals surface area contributed by atoms with Crippen molar-refractivity contribution in [3.8, 4) is 0 Å². The molecule has 0 aliphatic heterocycles. The molecule has 0 radical (unpaired) electrons. The van der Waals surface area contributed by atoms with Gasteiger partial charge in [-0.3, -0.25) is 0 Å². The van der Waals surface area contributed by atoms with Gasteiger partial charge in [0.1, 0.15) is 5.60 Å². The normalized spacial score (nSPS) is 21.8. The lowest BCUT2D eigenvalue weighted by Crippen LogP contribution is -2.40. The Morgan fingerprint density at radius 3 is 1.82 bits per heavy atom. The maximum Gasteiger partial charge on any atom is 0.407 e. The molecule has 128 valence electrons. The van der Waals surface area contributed by atoms with Crippen LogP contribution in [-0.4, -0.2) is 18.2 Å². The number of hydrogen-bond acceptors (Lipinski definition) is 2. The van der Waals surface area contributed by atoms with Gasteiger partial charge < -0.3 is 10.1 Å². The van der Waals surface area contributed by atoms with E-state index in [1.807, 2.05) is 20.8 Å². The van der Waals surface area contributed by atoms with E-state index in [4.69, 9.17) is 4.74 Å². The molecule has 2 rings (SSSR count). The Hall–Kier alpha value is -0.730. The molecule has 0 aromatic rings. The van der Waals surface area contributed by atoms with E-state index in [1.54, 1.807) is 0 Å². The van der Waals surface area contributed by atoms with Gasteiger partial charge in [-0.25, -0.2) is 4.79 Å². The summed E-state index contributed by atoms with van der Waals surface area (Å²) < 4.78 is 5.41. The number of carbonyl (C=O) groups is 1. The van der Waals surface area contributed by atoms with Gasteiger partial charge in [0.25, 0.3) is 0 Å². The number of nitrogens with one attached hydrogen (secondary N) is 1. The van der Waals surface area contributed by atoms with Crippen LogP contribution in [0.4, 0.5) is 4.79 Å². The highest BCUT2D eigenvalue weighted by molar-refractivity contribution is 5.67. The van der Waals surface area contributed by atoms with Crippen LogP contribution in [0.2, 0.25) is 0 Å². The molecular weight excluding hydrogens is 274 g/mol. The zero-order chi connectivity index (χ0) is 16.0. The second-order valence-electron chi connectivity index (χ2n) is 8.34. The zero-order valence-corrected chi connectivity index (χ0v) is 14.8. The molecule has 0 bridgehead atoms. The Morgan fingerprint density at radius 2 is 1.41 bits per heavy atom. The van der Waals surface area contributed by atoms with Crippen molar-refractivity contribution in [2.45, 2.75) is 90.6 Å². The molecular formula is C19H35NO2. The Morgan fingerprint density at radius 1 is 0.955 bits per heavy atom. The van der Waals surface area contributed by atoms with Gasteiger partial charge in [-0.05, 0) is 38.5 Å². The largest absolute Gasteiger partial charge is 0.444 e. The summed E-state index contributed by atoms with van der Waals surface area (Å²) in [6, 6.07) is 0. The van der Waals surface area contributed by atoms with Gasteiger partial charge in [-0.2, -0.15) is 0 Å². The van der Waals surface area contributed by atoms with Crippen LogP contribution < -0.4 is 5.32 Å². The Kier molecular flexibility index (Phi) is 6.58. The van der Waals surface area contributed by atoms with Gasteiger partial charge in [-0.15, -0.1) is 0 Å². The van der Waals surface area contributed by atoms with Crippen molar-refractivity contribution in [3.05, 3.63) is 0 Å². The molecule has 2 saturated carbocycles. The summed E-state index contributed by atoms with van der Waals surface area (Å²) in [5, 5.41) is 3.07. The average molecular weight is 309 g/mol. The number of alkyl carbamates (subject to hydrolysis) is 1. The van der Waals surface area contributed by atoms with Gasteiger partial charge in [-0.1, -0.05) is 64.2 Å². The van der Waals surface area contributed by atoms with Crippen molar-refractivity contribution in [2.75, 3.05) is 6.54 Å².